The molecule has 3 nitrogen and oxygen atoms in total. The van der Waals surface area contributed by atoms with Crippen molar-refractivity contribution in [3.8, 4) is 0 Å². The molecule has 3 atom stereocenters. The van der Waals surface area contributed by atoms with Crippen LogP contribution >= 0.6 is 12.4 Å². The predicted octanol–water partition coefficient (Wildman–Crippen LogP) is 2.20. The minimum atomic E-state index is 0. The summed E-state index contributed by atoms with van der Waals surface area (Å²) in [7, 11) is 0. The number of hydrogen-bond donors (Lipinski definition) is 1. The SMILES string of the molecule is CCC1CCC(C)N1C(=O)[C@@H]1CCCNC1.Cl. The number of rotatable bonds is 2. The van der Waals surface area contributed by atoms with Crippen molar-refractivity contribution in [2.75, 3.05) is 13.1 Å². The average molecular weight is 261 g/mol. The van der Waals surface area contributed by atoms with Gasteiger partial charge in [-0.25, -0.2) is 0 Å². The Bertz CT molecular complexity index is 254. The molecule has 100 valence electrons. The Morgan fingerprint density at radius 3 is 2.71 bits per heavy atom. The van der Waals surface area contributed by atoms with Crippen molar-refractivity contribution in [3.63, 3.8) is 0 Å². The smallest absolute Gasteiger partial charge is 0.227 e. The third-order valence-corrected chi connectivity index (χ3v) is 4.16. The monoisotopic (exact) mass is 260 g/mol. The number of piperidine rings is 1. The number of carbonyl (C=O) groups excluding carboxylic acids is 1. The van der Waals surface area contributed by atoms with E-state index in [9.17, 15) is 4.79 Å². The summed E-state index contributed by atoms with van der Waals surface area (Å²) in [6, 6.07) is 0.962. The lowest BCUT2D eigenvalue weighted by Gasteiger charge is -2.33. The molecule has 0 aromatic heterocycles. The molecule has 1 N–H and O–H groups in total. The van der Waals surface area contributed by atoms with Gasteiger partial charge < -0.3 is 10.2 Å². The molecule has 2 saturated heterocycles. The van der Waals surface area contributed by atoms with Gasteiger partial charge in [0.05, 0.1) is 5.92 Å². The van der Waals surface area contributed by atoms with E-state index in [2.05, 4.69) is 24.1 Å². The Kier molecular flexibility index (Phi) is 5.74. The van der Waals surface area contributed by atoms with Gasteiger partial charge in [-0.15, -0.1) is 12.4 Å². The molecule has 2 unspecified atom stereocenters. The first-order valence-corrected chi connectivity index (χ1v) is 6.77. The molecule has 0 saturated carbocycles. The second-order valence-corrected chi connectivity index (χ2v) is 5.28. The first-order chi connectivity index (χ1) is 7.74. The molecule has 4 heteroatoms. The van der Waals surface area contributed by atoms with Crippen LogP contribution in [0.3, 0.4) is 0 Å². The molecule has 0 radical (unpaired) electrons. The van der Waals surface area contributed by atoms with E-state index in [1.54, 1.807) is 0 Å². The van der Waals surface area contributed by atoms with Gasteiger partial charge in [-0.05, 0) is 45.6 Å². The highest BCUT2D eigenvalue weighted by Gasteiger charge is 2.36. The van der Waals surface area contributed by atoms with Crippen molar-refractivity contribution in [3.05, 3.63) is 0 Å². The number of nitrogens with one attached hydrogen (secondary N) is 1. The molecular weight excluding hydrogens is 236 g/mol. The number of hydrogen-bond acceptors (Lipinski definition) is 2. The van der Waals surface area contributed by atoms with Crippen LogP contribution in [0.2, 0.25) is 0 Å². The molecule has 0 aliphatic carbocycles. The summed E-state index contributed by atoms with van der Waals surface area (Å²) in [4.78, 5) is 14.6. The van der Waals surface area contributed by atoms with Crippen LogP contribution in [0.15, 0.2) is 0 Å². The van der Waals surface area contributed by atoms with Crippen molar-refractivity contribution in [2.45, 2.75) is 58.0 Å². The lowest BCUT2D eigenvalue weighted by Crippen LogP contribution is -2.47. The summed E-state index contributed by atoms with van der Waals surface area (Å²) in [5.74, 6) is 0.646. The molecule has 2 rings (SSSR count). The molecule has 2 aliphatic rings. The predicted molar refractivity (Wildman–Crippen MR) is 72.5 cm³/mol. The number of nitrogens with zero attached hydrogens (tertiary/aromatic N) is 1. The van der Waals surface area contributed by atoms with Crippen LogP contribution in [0.4, 0.5) is 0 Å². The third-order valence-electron chi connectivity index (χ3n) is 4.16. The quantitative estimate of drug-likeness (QED) is 0.826. The van der Waals surface area contributed by atoms with Crippen LogP contribution < -0.4 is 5.32 Å². The van der Waals surface area contributed by atoms with Gasteiger partial charge in [0.25, 0.3) is 0 Å². The Morgan fingerprint density at radius 2 is 2.12 bits per heavy atom. The summed E-state index contributed by atoms with van der Waals surface area (Å²) >= 11 is 0. The minimum absolute atomic E-state index is 0. The van der Waals surface area contributed by atoms with Gasteiger partial charge in [0, 0.05) is 18.6 Å². The van der Waals surface area contributed by atoms with E-state index in [0.29, 0.717) is 18.0 Å². The van der Waals surface area contributed by atoms with Gasteiger partial charge in [0.2, 0.25) is 5.91 Å². The summed E-state index contributed by atoms with van der Waals surface area (Å²) < 4.78 is 0. The van der Waals surface area contributed by atoms with Crippen LogP contribution in [-0.2, 0) is 4.79 Å². The van der Waals surface area contributed by atoms with Gasteiger partial charge in [0.1, 0.15) is 0 Å². The third kappa shape index (κ3) is 3.14. The molecule has 17 heavy (non-hydrogen) atoms. The Balaban J connectivity index is 0.00000144. The van der Waals surface area contributed by atoms with E-state index in [-0.39, 0.29) is 18.3 Å². The summed E-state index contributed by atoms with van der Waals surface area (Å²) in [5.41, 5.74) is 0. The maximum absolute atomic E-state index is 12.5. The summed E-state index contributed by atoms with van der Waals surface area (Å²) in [6.45, 7) is 6.36. The molecule has 0 aromatic carbocycles. The van der Waals surface area contributed by atoms with Crippen LogP contribution in [0.25, 0.3) is 0 Å². The molecule has 2 heterocycles. The highest BCUT2D eigenvalue weighted by molar-refractivity contribution is 5.85. The minimum Gasteiger partial charge on any atom is -0.337 e. The lowest BCUT2D eigenvalue weighted by molar-refractivity contribution is -0.138. The van der Waals surface area contributed by atoms with Gasteiger partial charge in [-0.3, -0.25) is 4.79 Å². The fourth-order valence-electron chi connectivity index (χ4n) is 3.14. The second-order valence-electron chi connectivity index (χ2n) is 5.28. The van der Waals surface area contributed by atoms with Gasteiger partial charge >= 0.3 is 0 Å². The van der Waals surface area contributed by atoms with Crippen LogP contribution in [0, 0.1) is 5.92 Å². The number of likely N-dealkylation sites (tertiary alicyclic amines) is 1. The Labute approximate surface area is 111 Å². The first kappa shape index (κ1) is 14.8. The summed E-state index contributed by atoms with van der Waals surface area (Å²) in [6.07, 6.45) is 5.71. The van der Waals surface area contributed by atoms with Gasteiger partial charge in [0.15, 0.2) is 0 Å². The maximum atomic E-state index is 12.5. The second kappa shape index (κ2) is 6.60. The van der Waals surface area contributed by atoms with Crippen LogP contribution in [0.1, 0.15) is 46.0 Å². The molecule has 0 aromatic rings. The van der Waals surface area contributed by atoms with E-state index in [0.717, 1.165) is 32.4 Å². The van der Waals surface area contributed by atoms with E-state index in [4.69, 9.17) is 0 Å². The zero-order chi connectivity index (χ0) is 11.5. The van der Waals surface area contributed by atoms with Crippen molar-refractivity contribution >= 4 is 18.3 Å². The van der Waals surface area contributed by atoms with E-state index >= 15 is 0 Å². The van der Waals surface area contributed by atoms with Crippen LogP contribution in [-0.4, -0.2) is 36.0 Å². The average Bonchev–Trinajstić information content (AvgIpc) is 2.70. The van der Waals surface area contributed by atoms with Crippen LogP contribution in [0.5, 0.6) is 0 Å². The number of amides is 1. The molecule has 0 bridgehead atoms. The van der Waals surface area contributed by atoms with Crippen molar-refractivity contribution < 1.29 is 4.79 Å². The molecular formula is C13H25ClN2O. The zero-order valence-corrected chi connectivity index (χ0v) is 11.8. The van der Waals surface area contributed by atoms with E-state index < -0.39 is 0 Å². The Hall–Kier alpha value is -0.280. The number of halogens is 1. The molecule has 2 fully saturated rings. The highest BCUT2D eigenvalue weighted by atomic mass is 35.5. The fraction of sp³-hybridized carbons (Fsp3) is 0.923. The molecule has 2 aliphatic heterocycles. The van der Waals surface area contributed by atoms with Crippen molar-refractivity contribution in [2.24, 2.45) is 5.92 Å². The Morgan fingerprint density at radius 1 is 1.35 bits per heavy atom. The summed E-state index contributed by atoms with van der Waals surface area (Å²) in [5, 5.41) is 3.34. The standard InChI is InChI=1S/C13H24N2O.ClH/c1-3-12-7-6-10(2)15(12)13(16)11-5-4-8-14-9-11;/h10-12,14H,3-9H2,1-2H3;1H/t10?,11-,12?;/m1./s1. The maximum Gasteiger partial charge on any atom is 0.227 e. The first-order valence-electron chi connectivity index (χ1n) is 6.77. The normalized spacial score (nSPS) is 33.3. The molecule has 1 amide bonds. The number of carbonyl (C=O) groups is 1. The highest BCUT2D eigenvalue weighted by Crippen LogP contribution is 2.28. The van der Waals surface area contributed by atoms with Crippen molar-refractivity contribution in [1.29, 1.82) is 0 Å². The van der Waals surface area contributed by atoms with Crippen molar-refractivity contribution in [1.82, 2.24) is 10.2 Å². The lowest BCUT2D eigenvalue weighted by atomic mass is 9.97. The van der Waals surface area contributed by atoms with E-state index in [1.807, 2.05) is 0 Å². The largest absolute Gasteiger partial charge is 0.337 e. The van der Waals surface area contributed by atoms with Gasteiger partial charge in [-0.1, -0.05) is 6.92 Å². The fourth-order valence-corrected chi connectivity index (χ4v) is 3.14. The molecule has 0 spiro atoms. The van der Waals surface area contributed by atoms with E-state index in [1.165, 1.54) is 12.8 Å². The van der Waals surface area contributed by atoms with Gasteiger partial charge in [-0.2, -0.15) is 0 Å². The topological polar surface area (TPSA) is 32.3 Å². The zero-order valence-electron chi connectivity index (χ0n) is 10.9.